The van der Waals surface area contributed by atoms with E-state index in [1.54, 1.807) is 24.1 Å². The molecular formula is C15H17FN2O2. The van der Waals surface area contributed by atoms with Gasteiger partial charge in [-0.25, -0.2) is 4.39 Å². The Morgan fingerprint density at radius 3 is 2.80 bits per heavy atom. The van der Waals surface area contributed by atoms with E-state index < -0.39 is 0 Å². The van der Waals surface area contributed by atoms with Crippen LogP contribution < -0.4 is 5.32 Å². The van der Waals surface area contributed by atoms with Crippen LogP contribution in [0.1, 0.15) is 11.5 Å². The Morgan fingerprint density at radius 2 is 2.15 bits per heavy atom. The molecule has 0 saturated carbocycles. The van der Waals surface area contributed by atoms with Crippen LogP contribution in [-0.2, 0) is 11.3 Å². The highest BCUT2D eigenvalue weighted by Gasteiger charge is 2.11. The third kappa shape index (κ3) is 3.85. The van der Waals surface area contributed by atoms with Gasteiger partial charge in [0.1, 0.15) is 17.3 Å². The lowest BCUT2D eigenvalue weighted by molar-refractivity contribution is -0.128. The zero-order valence-corrected chi connectivity index (χ0v) is 11.5. The van der Waals surface area contributed by atoms with E-state index in [2.05, 4.69) is 5.32 Å². The molecule has 0 fully saturated rings. The molecule has 5 heteroatoms. The van der Waals surface area contributed by atoms with E-state index in [-0.39, 0.29) is 18.3 Å². The molecular weight excluding hydrogens is 259 g/mol. The standard InChI is InChI=1S/C15H17FN2O2/c1-11-6-7-14(20-11)10-18(2)15(19)9-17-13-5-3-4-12(16)8-13/h3-8,17H,9-10H2,1-2H3. The van der Waals surface area contributed by atoms with Crippen LogP contribution in [0.5, 0.6) is 0 Å². The number of carbonyl (C=O) groups is 1. The number of aryl methyl sites for hydroxylation is 1. The first-order valence-corrected chi connectivity index (χ1v) is 6.33. The normalized spacial score (nSPS) is 10.3. The second kappa shape index (κ2) is 6.23. The molecule has 0 aliphatic rings. The topological polar surface area (TPSA) is 45.5 Å². The molecule has 0 aliphatic heterocycles. The van der Waals surface area contributed by atoms with Gasteiger partial charge in [0.15, 0.2) is 0 Å². The minimum absolute atomic E-state index is 0.0942. The van der Waals surface area contributed by atoms with Crippen molar-refractivity contribution >= 4 is 11.6 Å². The summed E-state index contributed by atoms with van der Waals surface area (Å²) in [5.74, 6) is 1.13. The van der Waals surface area contributed by atoms with Crippen molar-refractivity contribution < 1.29 is 13.6 Å². The van der Waals surface area contributed by atoms with Crippen molar-refractivity contribution in [1.29, 1.82) is 0 Å². The van der Waals surface area contributed by atoms with Gasteiger partial charge in [0.25, 0.3) is 0 Å². The molecule has 1 heterocycles. The van der Waals surface area contributed by atoms with Gasteiger partial charge in [-0.2, -0.15) is 0 Å². The maximum absolute atomic E-state index is 13.0. The summed E-state index contributed by atoms with van der Waals surface area (Å²) >= 11 is 0. The molecule has 0 unspecified atom stereocenters. The number of nitrogens with one attached hydrogen (secondary N) is 1. The fourth-order valence-corrected chi connectivity index (χ4v) is 1.80. The lowest BCUT2D eigenvalue weighted by Crippen LogP contribution is -2.31. The van der Waals surface area contributed by atoms with Gasteiger partial charge in [-0.05, 0) is 37.3 Å². The first-order chi connectivity index (χ1) is 9.54. The molecule has 20 heavy (non-hydrogen) atoms. The summed E-state index contributed by atoms with van der Waals surface area (Å²) in [6.07, 6.45) is 0. The Morgan fingerprint density at radius 1 is 1.35 bits per heavy atom. The predicted octanol–water partition coefficient (Wildman–Crippen LogP) is 2.80. The van der Waals surface area contributed by atoms with E-state index >= 15 is 0 Å². The third-order valence-electron chi connectivity index (χ3n) is 2.88. The molecule has 2 rings (SSSR count). The number of benzene rings is 1. The Kier molecular flexibility index (Phi) is 4.40. The van der Waals surface area contributed by atoms with E-state index in [1.807, 2.05) is 19.1 Å². The van der Waals surface area contributed by atoms with Gasteiger partial charge in [0.05, 0.1) is 13.1 Å². The summed E-state index contributed by atoms with van der Waals surface area (Å²) in [5, 5.41) is 2.90. The lowest BCUT2D eigenvalue weighted by atomic mass is 10.3. The average Bonchev–Trinajstić information content (AvgIpc) is 2.81. The van der Waals surface area contributed by atoms with E-state index in [0.29, 0.717) is 12.2 Å². The second-order valence-electron chi connectivity index (χ2n) is 4.63. The number of furan rings is 1. The lowest BCUT2D eigenvalue weighted by Gasteiger charge is -2.16. The minimum atomic E-state index is -0.332. The number of likely N-dealkylation sites (N-methyl/N-ethyl adjacent to an activating group) is 1. The van der Waals surface area contributed by atoms with E-state index in [9.17, 15) is 9.18 Å². The van der Waals surface area contributed by atoms with Crippen LogP contribution in [0.3, 0.4) is 0 Å². The highest BCUT2D eigenvalue weighted by Crippen LogP contribution is 2.10. The van der Waals surface area contributed by atoms with E-state index in [1.165, 1.54) is 12.1 Å². The Hall–Kier alpha value is -2.30. The number of halogens is 1. The van der Waals surface area contributed by atoms with Gasteiger partial charge < -0.3 is 14.6 Å². The summed E-state index contributed by atoms with van der Waals surface area (Å²) in [6.45, 7) is 2.38. The van der Waals surface area contributed by atoms with Crippen molar-refractivity contribution in [1.82, 2.24) is 4.90 Å². The molecule has 1 aromatic heterocycles. The van der Waals surface area contributed by atoms with Gasteiger partial charge in [-0.15, -0.1) is 0 Å². The maximum Gasteiger partial charge on any atom is 0.242 e. The van der Waals surface area contributed by atoms with Crippen LogP contribution in [0.4, 0.5) is 10.1 Å². The molecule has 1 N–H and O–H groups in total. The van der Waals surface area contributed by atoms with Crippen molar-refractivity contribution in [3.05, 3.63) is 53.7 Å². The second-order valence-corrected chi connectivity index (χ2v) is 4.63. The first-order valence-electron chi connectivity index (χ1n) is 6.33. The van der Waals surface area contributed by atoms with Crippen LogP contribution in [0.2, 0.25) is 0 Å². The van der Waals surface area contributed by atoms with Crippen LogP contribution in [-0.4, -0.2) is 24.4 Å². The van der Waals surface area contributed by atoms with Crippen molar-refractivity contribution in [3.8, 4) is 0 Å². The molecule has 0 bridgehead atoms. The maximum atomic E-state index is 13.0. The van der Waals surface area contributed by atoms with Crippen molar-refractivity contribution in [3.63, 3.8) is 0 Å². The predicted molar refractivity (Wildman–Crippen MR) is 74.8 cm³/mol. The van der Waals surface area contributed by atoms with Crippen molar-refractivity contribution in [2.75, 3.05) is 18.9 Å². The fourth-order valence-electron chi connectivity index (χ4n) is 1.80. The molecule has 2 aromatic rings. The fraction of sp³-hybridized carbons (Fsp3) is 0.267. The SMILES string of the molecule is Cc1ccc(CN(C)C(=O)CNc2cccc(F)c2)o1. The van der Waals surface area contributed by atoms with E-state index in [4.69, 9.17) is 4.42 Å². The van der Waals surface area contributed by atoms with Crippen LogP contribution >= 0.6 is 0 Å². The third-order valence-corrected chi connectivity index (χ3v) is 2.88. The quantitative estimate of drug-likeness (QED) is 0.913. The number of carbonyl (C=O) groups excluding carboxylic acids is 1. The number of rotatable bonds is 5. The molecule has 106 valence electrons. The smallest absolute Gasteiger partial charge is 0.242 e. The number of nitrogens with zero attached hydrogens (tertiary/aromatic N) is 1. The molecule has 0 radical (unpaired) electrons. The Balaban J connectivity index is 1.85. The molecule has 4 nitrogen and oxygen atoms in total. The summed E-state index contributed by atoms with van der Waals surface area (Å²) in [5.41, 5.74) is 0.584. The summed E-state index contributed by atoms with van der Waals surface area (Å²) in [4.78, 5) is 13.5. The first kappa shape index (κ1) is 14.1. The zero-order chi connectivity index (χ0) is 14.5. The largest absolute Gasteiger partial charge is 0.464 e. The Labute approximate surface area is 117 Å². The number of amides is 1. The summed E-state index contributed by atoms with van der Waals surface area (Å²) in [7, 11) is 1.70. The van der Waals surface area contributed by atoms with Crippen molar-refractivity contribution in [2.24, 2.45) is 0 Å². The molecule has 0 atom stereocenters. The average molecular weight is 276 g/mol. The molecule has 0 aliphatic carbocycles. The highest BCUT2D eigenvalue weighted by molar-refractivity contribution is 5.80. The molecule has 1 aromatic carbocycles. The number of anilines is 1. The zero-order valence-electron chi connectivity index (χ0n) is 11.5. The summed E-state index contributed by atoms with van der Waals surface area (Å²) < 4.78 is 18.4. The highest BCUT2D eigenvalue weighted by atomic mass is 19.1. The van der Waals surface area contributed by atoms with Gasteiger partial charge in [0, 0.05) is 12.7 Å². The molecule has 0 spiro atoms. The van der Waals surface area contributed by atoms with Crippen molar-refractivity contribution in [2.45, 2.75) is 13.5 Å². The molecule has 0 saturated heterocycles. The minimum Gasteiger partial charge on any atom is -0.464 e. The van der Waals surface area contributed by atoms with Gasteiger partial charge in [-0.3, -0.25) is 4.79 Å². The number of hydrogen-bond donors (Lipinski definition) is 1. The van der Waals surface area contributed by atoms with Crippen LogP contribution in [0.25, 0.3) is 0 Å². The monoisotopic (exact) mass is 276 g/mol. The molecule has 1 amide bonds. The van der Waals surface area contributed by atoms with Gasteiger partial charge >= 0.3 is 0 Å². The van der Waals surface area contributed by atoms with Gasteiger partial charge in [0.2, 0.25) is 5.91 Å². The van der Waals surface area contributed by atoms with Crippen LogP contribution in [0.15, 0.2) is 40.8 Å². The van der Waals surface area contributed by atoms with E-state index in [0.717, 1.165) is 11.5 Å². The van der Waals surface area contributed by atoms with Crippen LogP contribution in [0, 0.1) is 12.7 Å². The van der Waals surface area contributed by atoms with Gasteiger partial charge in [-0.1, -0.05) is 6.07 Å². The number of hydrogen-bond acceptors (Lipinski definition) is 3. The summed E-state index contributed by atoms with van der Waals surface area (Å²) in [6, 6.07) is 9.73. The Bertz CT molecular complexity index is 595.